The van der Waals surface area contributed by atoms with Crippen molar-refractivity contribution in [2.75, 3.05) is 56.2 Å². The number of hydrogen-bond donors (Lipinski definition) is 0. The van der Waals surface area contributed by atoms with Crippen LogP contribution in [0.4, 0.5) is 11.7 Å². The minimum Gasteiger partial charge on any atom is -0.495 e. The van der Waals surface area contributed by atoms with Crippen LogP contribution in [0.3, 0.4) is 0 Å². The van der Waals surface area contributed by atoms with E-state index in [0.29, 0.717) is 6.01 Å². The Labute approximate surface area is 182 Å². The Kier molecular flexibility index (Phi) is 5.40. The fourth-order valence-corrected chi connectivity index (χ4v) is 4.63. The van der Waals surface area contributed by atoms with Gasteiger partial charge in [-0.2, -0.15) is 4.98 Å². The van der Waals surface area contributed by atoms with Crippen molar-refractivity contribution >= 4 is 28.7 Å². The first-order chi connectivity index (χ1) is 15.2. The number of piperazine rings is 1. The molecule has 0 N–H and O–H groups in total. The standard InChI is InChI=1S/C24H28N4O3/c1-30-22-9-5-3-7-20(22)26-14-16-27(17-15-26)23(29)18-10-12-28(13-11-18)24-25-19-6-2-4-8-21(19)31-24/h2-9,18H,10-17H2,1H3. The summed E-state index contributed by atoms with van der Waals surface area (Å²) < 4.78 is 11.4. The van der Waals surface area contributed by atoms with E-state index in [4.69, 9.17) is 9.15 Å². The number of fused-ring (bicyclic) bond motifs is 1. The van der Waals surface area contributed by atoms with Gasteiger partial charge < -0.3 is 23.9 Å². The number of ether oxygens (including phenoxy) is 1. The lowest BCUT2D eigenvalue weighted by atomic mass is 9.95. The highest BCUT2D eigenvalue weighted by molar-refractivity contribution is 5.80. The highest BCUT2D eigenvalue weighted by Gasteiger charge is 2.32. The van der Waals surface area contributed by atoms with Gasteiger partial charge in [0.15, 0.2) is 5.58 Å². The van der Waals surface area contributed by atoms with Crippen molar-refractivity contribution in [2.24, 2.45) is 5.92 Å². The fourth-order valence-electron chi connectivity index (χ4n) is 4.63. The molecule has 2 aliphatic heterocycles. The average Bonchev–Trinajstić information content (AvgIpc) is 3.28. The van der Waals surface area contributed by atoms with Gasteiger partial charge in [0.2, 0.25) is 5.91 Å². The monoisotopic (exact) mass is 420 g/mol. The molecule has 5 rings (SSSR count). The number of benzene rings is 2. The summed E-state index contributed by atoms with van der Waals surface area (Å²) in [5, 5.41) is 0. The first-order valence-corrected chi connectivity index (χ1v) is 11.0. The number of anilines is 2. The van der Waals surface area contributed by atoms with Gasteiger partial charge in [0.1, 0.15) is 11.3 Å². The molecule has 0 spiro atoms. The van der Waals surface area contributed by atoms with Gasteiger partial charge in [-0.1, -0.05) is 24.3 Å². The minimum atomic E-state index is 0.0819. The quantitative estimate of drug-likeness (QED) is 0.645. The van der Waals surface area contributed by atoms with E-state index in [1.165, 1.54) is 0 Å². The summed E-state index contributed by atoms with van der Waals surface area (Å²) in [4.78, 5) is 24.2. The molecule has 1 amide bonds. The SMILES string of the molecule is COc1ccccc1N1CCN(C(=O)C2CCN(c3nc4ccccc4o3)CC2)CC1. The lowest BCUT2D eigenvalue weighted by molar-refractivity contribution is -0.136. The van der Waals surface area contributed by atoms with Gasteiger partial charge >= 0.3 is 0 Å². The van der Waals surface area contributed by atoms with Crippen LogP contribution in [0.1, 0.15) is 12.8 Å². The second kappa shape index (κ2) is 8.49. The van der Waals surface area contributed by atoms with Gasteiger partial charge in [-0.25, -0.2) is 0 Å². The molecule has 0 radical (unpaired) electrons. The van der Waals surface area contributed by atoms with E-state index in [9.17, 15) is 4.79 Å². The molecule has 0 saturated carbocycles. The number of para-hydroxylation sites is 4. The Morgan fingerprint density at radius 3 is 2.39 bits per heavy atom. The molecule has 2 fully saturated rings. The predicted octanol–water partition coefficient (Wildman–Crippen LogP) is 3.40. The summed E-state index contributed by atoms with van der Waals surface area (Å²) in [5.74, 6) is 1.25. The summed E-state index contributed by atoms with van der Waals surface area (Å²) in [5.41, 5.74) is 2.79. The molecule has 3 heterocycles. The molecule has 2 aliphatic rings. The molecule has 0 bridgehead atoms. The highest BCUT2D eigenvalue weighted by atomic mass is 16.5. The second-order valence-electron chi connectivity index (χ2n) is 8.21. The summed E-state index contributed by atoms with van der Waals surface area (Å²) >= 11 is 0. The van der Waals surface area contributed by atoms with Crippen LogP contribution >= 0.6 is 0 Å². The number of rotatable bonds is 4. The van der Waals surface area contributed by atoms with E-state index in [1.807, 2.05) is 47.4 Å². The first kappa shape index (κ1) is 19.7. The zero-order chi connectivity index (χ0) is 21.2. The highest BCUT2D eigenvalue weighted by Crippen LogP contribution is 2.30. The van der Waals surface area contributed by atoms with Crippen molar-refractivity contribution in [1.29, 1.82) is 0 Å². The number of amides is 1. The molecule has 0 unspecified atom stereocenters. The number of oxazole rings is 1. The molecule has 31 heavy (non-hydrogen) atoms. The number of aromatic nitrogens is 1. The molecule has 3 aromatic rings. The summed E-state index contributed by atoms with van der Waals surface area (Å²) in [6, 6.07) is 16.6. The van der Waals surface area contributed by atoms with Crippen molar-refractivity contribution in [2.45, 2.75) is 12.8 Å². The molecular weight excluding hydrogens is 392 g/mol. The summed E-state index contributed by atoms with van der Waals surface area (Å²) in [7, 11) is 1.70. The zero-order valence-electron chi connectivity index (χ0n) is 17.9. The van der Waals surface area contributed by atoms with Gasteiger partial charge in [0.25, 0.3) is 6.01 Å². The summed E-state index contributed by atoms with van der Waals surface area (Å²) in [6.45, 7) is 4.75. The van der Waals surface area contributed by atoms with Gasteiger partial charge in [0.05, 0.1) is 12.8 Å². The Bertz CT molecular complexity index is 1020. The van der Waals surface area contributed by atoms with E-state index in [0.717, 1.165) is 74.6 Å². The number of carbonyl (C=O) groups excluding carboxylic acids is 1. The Balaban J connectivity index is 1.16. The lowest BCUT2D eigenvalue weighted by Crippen LogP contribution is -2.51. The number of hydrogen-bond acceptors (Lipinski definition) is 6. The Morgan fingerprint density at radius 1 is 0.935 bits per heavy atom. The summed E-state index contributed by atoms with van der Waals surface area (Å²) in [6.07, 6.45) is 1.68. The predicted molar refractivity (Wildman–Crippen MR) is 121 cm³/mol. The van der Waals surface area contributed by atoms with Gasteiger partial charge in [-0.3, -0.25) is 4.79 Å². The maximum absolute atomic E-state index is 13.1. The van der Waals surface area contributed by atoms with E-state index in [2.05, 4.69) is 20.9 Å². The average molecular weight is 421 g/mol. The zero-order valence-corrected chi connectivity index (χ0v) is 17.9. The van der Waals surface area contributed by atoms with Crippen LogP contribution in [0.5, 0.6) is 5.75 Å². The van der Waals surface area contributed by atoms with Crippen molar-refractivity contribution in [3.05, 3.63) is 48.5 Å². The third-order valence-corrected chi connectivity index (χ3v) is 6.41. The van der Waals surface area contributed by atoms with Crippen LogP contribution < -0.4 is 14.5 Å². The molecule has 2 aromatic carbocycles. The molecular formula is C24H28N4O3. The van der Waals surface area contributed by atoms with Crippen LogP contribution in [0, 0.1) is 5.92 Å². The molecule has 0 aliphatic carbocycles. The molecule has 2 saturated heterocycles. The molecule has 7 nitrogen and oxygen atoms in total. The lowest BCUT2D eigenvalue weighted by Gasteiger charge is -2.39. The maximum Gasteiger partial charge on any atom is 0.298 e. The number of nitrogens with zero attached hydrogens (tertiary/aromatic N) is 4. The molecule has 7 heteroatoms. The van der Waals surface area contributed by atoms with E-state index in [-0.39, 0.29) is 11.8 Å². The number of carbonyl (C=O) groups is 1. The normalized spacial score (nSPS) is 17.9. The van der Waals surface area contributed by atoms with Crippen LogP contribution in [0.15, 0.2) is 52.9 Å². The molecule has 0 atom stereocenters. The fraction of sp³-hybridized carbons (Fsp3) is 0.417. The Hall–Kier alpha value is -3.22. The molecule has 162 valence electrons. The van der Waals surface area contributed by atoms with Gasteiger partial charge in [-0.05, 0) is 37.1 Å². The maximum atomic E-state index is 13.1. The van der Waals surface area contributed by atoms with E-state index < -0.39 is 0 Å². The number of piperidine rings is 1. The van der Waals surface area contributed by atoms with Crippen molar-refractivity contribution in [1.82, 2.24) is 9.88 Å². The minimum absolute atomic E-state index is 0.0819. The second-order valence-corrected chi connectivity index (χ2v) is 8.21. The van der Waals surface area contributed by atoms with Crippen LogP contribution in [0.25, 0.3) is 11.1 Å². The van der Waals surface area contributed by atoms with Crippen molar-refractivity contribution in [3.8, 4) is 5.75 Å². The number of methoxy groups -OCH3 is 1. The van der Waals surface area contributed by atoms with E-state index >= 15 is 0 Å². The topological polar surface area (TPSA) is 62.1 Å². The van der Waals surface area contributed by atoms with Gasteiger partial charge in [0, 0.05) is 45.2 Å². The van der Waals surface area contributed by atoms with Crippen LogP contribution in [0.2, 0.25) is 0 Å². The van der Waals surface area contributed by atoms with Crippen LogP contribution in [-0.2, 0) is 4.79 Å². The van der Waals surface area contributed by atoms with Crippen LogP contribution in [-0.4, -0.2) is 62.2 Å². The third-order valence-electron chi connectivity index (χ3n) is 6.41. The van der Waals surface area contributed by atoms with Crippen molar-refractivity contribution < 1.29 is 13.9 Å². The van der Waals surface area contributed by atoms with Gasteiger partial charge in [-0.15, -0.1) is 0 Å². The first-order valence-electron chi connectivity index (χ1n) is 11.0. The molecule has 1 aromatic heterocycles. The van der Waals surface area contributed by atoms with Crippen molar-refractivity contribution in [3.63, 3.8) is 0 Å². The smallest absolute Gasteiger partial charge is 0.298 e. The Morgan fingerprint density at radius 2 is 1.65 bits per heavy atom. The third kappa shape index (κ3) is 3.92. The largest absolute Gasteiger partial charge is 0.495 e. The van der Waals surface area contributed by atoms with E-state index in [1.54, 1.807) is 7.11 Å².